The Morgan fingerprint density at radius 1 is 0.818 bits per heavy atom. The zero-order valence-electron chi connectivity index (χ0n) is 13.3. The van der Waals surface area contributed by atoms with Crippen molar-refractivity contribution < 1.29 is 19.3 Å². The van der Waals surface area contributed by atoms with E-state index in [9.17, 15) is 9.59 Å². The molecule has 0 fully saturated rings. The molecule has 0 bridgehead atoms. The molecule has 2 rings (SSSR count). The van der Waals surface area contributed by atoms with Gasteiger partial charge < -0.3 is 0 Å². The quantitative estimate of drug-likeness (QED) is 0.723. The Morgan fingerprint density at radius 3 is 1.50 bits per heavy atom. The molecule has 6 heteroatoms. The van der Waals surface area contributed by atoms with E-state index in [2.05, 4.69) is 0 Å². The summed E-state index contributed by atoms with van der Waals surface area (Å²) in [6.07, 6.45) is 8.54. The number of hydrogen-bond donors (Lipinski definition) is 0. The third-order valence-corrected chi connectivity index (χ3v) is 3.81. The van der Waals surface area contributed by atoms with Gasteiger partial charge in [-0.25, -0.2) is 10.1 Å². The molecule has 0 radical (unpaired) electrons. The van der Waals surface area contributed by atoms with Crippen molar-refractivity contribution in [2.24, 2.45) is 0 Å². The fraction of sp³-hybridized carbons (Fsp3) is 0.375. The van der Waals surface area contributed by atoms with Gasteiger partial charge in [0.15, 0.2) is 0 Å². The third kappa shape index (κ3) is 3.18. The molecule has 0 aromatic carbocycles. The Labute approximate surface area is 129 Å². The molecule has 2 aliphatic rings. The molecule has 0 saturated heterocycles. The number of amides is 2. The lowest BCUT2D eigenvalue weighted by molar-refractivity contribution is -0.164. The van der Waals surface area contributed by atoms with E-state index >= 15 is 0 Å². The summed E-state index contributed by atoms with van der Waals surface area (Å²) in [5, 5.41) is 2.40. The highest BCUT2D eigenvalue weighted by atomic mass is 16.7. The molecule has 2 aliphatic carbocycles. The van der Waals surface area contributed by atoms with Gasteiger partial charge in [-0.1, -0.05) is 24.3 Å². The molecule has 0 saturated carbocycles. The highest BCUT2D eigenvalue weighted by Crippen LogP contribution is 2.33. The molecule has 0 unspecified atom stereocenters. The van der Waals surface area contributed by atoms with Crippen LogP contribution in [0.2, 0.25) is 0 Å². The standard InChI is InChI=1S/C16H20N2O4/c1-17(21-3)15(19)13-7-5-11(9-13)12-6-8-14(10-12)16(20)18(2)22-4/h5-8H,9-10H2,1-4H3. The van der Waals surface area contributed by atoms with Gasteiger partial charge in [0.1, 0.15) is 0 Å². The zero-order valence-corrected chi connectivity index (χ0v) is 13.3. The molecular weight excluding hydrogens is 284 g/mol. The topological polar surface area (TPSA) is 59.1 Å². The zero-order chi connectivity index (χ0) is 16.3. The number of carbonyl (C=O) groups excluding carboxylic acids is 2. The maximum absolute atomic E-state index is 12.0. The highest BCUT2D eigenvalue weighted by Gasteiger charge is 2.25. The lowest BCUT2D eigenvalue weighted by Gasteiger charge is -2.16. The average molecular weight is 304 g/mol. The van der Waals surface area contributed by atoms with E-state index in [1.165, 1.54) is 24.3 Å². The summed E-state index contributed by atoms with van der Waals surface area (Å²) in [6, 6.07) is 0. The number of carbonyl (C=O) groups is 2. The van der Waals surface area contributed by atoms with Crippen molar-refractivity contribution in [1.82, 2.24) is 10.1 Å². The first-order valence-electron chi connectivity index (χ1n) is 6.92. The largest absolute Gasteiger partial charge is 0.274 e. The van der Waals surface area contributed by atoms with Gasteiger partial charge in [0.05, 0.1) is 14.2 Å². The second-order valence-electron chi connectivity index (χ2n) is 5.09. The molecular formula is C16H20N2O4. The Balaban J connectivity index is 1.93. The van der Waals surface area contributed by atoms with E-state index in [1.807, 2.05) is 12.2 Å². The third-order valence-electron chi connectivity index (χ3n) is 3.81. The number of hydrogen-bond acceptors (Lipinski definition) is 4. The highest BCUT2D eigenvalue weighted by molar-refractivity contribution is 5.96. The Morgan fingerprint density at radius 2 is 1.18 bits per heavy atom. The molecule has 0 aromatic heterocycles. The molecule has 0 atom stereocenters. The fourth-order valence-electron chi connectivity index (χ4n) is 2.35. The summed E-state index contributed by atoms with van der Waals surface area (Å²) in [5.74, 6) is -0.313. The van der Waals surface area contributed by atoms with Gasteiger partial charge in [0.2, 0.25) is 0 Å². The first-order chi connectivity index (χ1) is 10.5. The summed E-state index contributed by atoms with van der Waals surface area (Å²) in [4.78, 5) is 33.9. The Hall–Kier alpha value is -2.18. The number of hydroxylamine groups is 4. The summed E-state index contributed by atoms with van der Waals surface area (Å²) in [6.45, 7) is 0. The average Bonchev–Trinajstić information content (AvgIpc) is 3.20. The molecule has 0 spiro atoms. The van der Waals surface area contributed by atoms with E-state index in [4.69, 9.17) is 9.68 Å². The molecule has 0 aliphatic heterocycles. The van der Waals surface area contributed by atoms with Crippen LogP contribution in [0.4, 0.5) is 0 Å². The van der Waals surface area contributed by atoms with E-state index in [-0.39, 0.29) is 11.8 Å². The molecule has 0 aromatic rings. The van der Waals surface area contributed by atoms with E-state index in [0.717, 1.165) is 11.1 Å². The fourth-order valence-corrected chi connectivity index (χ4v) is 2.35. The van der Waals surface area contributed by atoms with Gasteiger partial charge >= 0.3 is 0 Å². The summed E-state index contributed by atoms with van der Waals surface area (Å²) >= 11 is 0. The van der Waals surface area contributed by atoms with Gasteiger partial charge in [-0.15, -0.1) is 0 Å². The maximum Gasteiger partial charge on any atom is 0.273 e. The molecule has 118 valence electrons. The predicted molar refractivity (Wildman–Crippen MR) is 81.1 cm³/mol. The van der Waals surface area contributed by atoms with Crippen LogP contribution in [-0.4, -0.2) is 50.3 Å². The molecule has 0 N–H and O–H groups in total. The van der Waals surface area contributed by atoms with Crippen LogP contribution in [-0.2, 0) is 19.3 Å². The van der Waals surface area contributed by atoms with Crippen molar-refractivity contribution in [2.45, 2.75) is 12.8 Å². The van der Waals surface area contributed by atoms with E-state index in [1.54, 1.807) is 26.2 Å². The Kier molecular flexibility index (Phi) is 4.95. The van der Waals surface area contributed by atoms with Crippen molar-refractivity contribution in [1.29, 1.82) is 0 Å². The number of nitrogens with zero attached hydrogens (tertiary/aromatic N) is 2. The Bertz CT molecular complexity index is 560. The number of likely N-dealkylation sites (N-methyl/N-ethyl adjacent to an activating group) is 2. The van der Waals surface area contributed by atoms with Crippen molar-refractivity contribution in [2.75, 3.05) is 28.3 Å². The second kappa shape index (κ2) is 6.72. The van der Waals surface area contributed by atoms with Crippen LogP contribution < -0.4 is 0 Å². The van der Waals surface area contributed by atoms with Crippen molar-refractivity contribution in [3.63, 3.8) is 0 Å². The van der Waals surface area contributed by atoms with Crippen LogP contribution in [0.1, 0.15) is 12.8 Å². The summed E-state index contributed by atoms with van der Waals surface area (Å²) < 4.78 is 0. The van der Waals surface area contributed by atoms with Gasteiger partial charge in [-0.05, 0) is 11.1 Å². The second-order valence-corrected chi connectivity index (χ2v) is 5.09. The first-order valence-corrected chi connectivity index (χ1v) is 6.92. The van der Waals surface area contributed by atoms with Crippen LogP contribution in [0.3, 0.4) is 0 Å². The van der Waals surface area contributed by atoms with Crippen molar-refractivity contribution in [3.8, 4) is 0 Å². The molecule has 6 nitrogen and oxygen atoms in total. The van der Waals surface area contributed by atoms with E-state index in [0.29, 0.717) is 24.0 Å². The lowest BCUT2D eigenvalue weighted by Crippen LogP contribution is -2.27. The summed E-state index contributed by atoms with van der Waals surface area (Å²) in [7, 11) is 6.06. The van der Waals surface area contributed by atoms with Crippen LogP contribution in [0.25, 0.3) is 0 Å². The molecule has 2 amide bonds. The molecule has 0 heterocycles. The van der Waals surface area contributed by atoms with E-state index < -0.39 is 0 Å². The van der Waals surface area contributed by atoms with Gasteiger partial charge in [0.25, 0.3) is 11.8 Å². The van der Waals surface area contributed by atoms with Gasteiger partial charge in [0, 0.05) is 38.1 Å². The number of allylic oxidation sites excluding steroid dienone is 6. The maximum atomic E-state index is 12.0. The monoisotopic (exact) mass is 304 g/mol. The van der Waals surface area contributed by atoms with Crippen LogP contribution in [0, 0.1) is 0 Å². The van der Waals surface area contributed by atoms with Crippen LogP contribution in [0.5, 0.6) is 0 Å². The van der Waals surface area contributed by atoms with Crippen molar-refractivity contribution >= 4 is 11.8 Å². The first kappa shape index (κ1) is 16.2. The van der Waals surface area contributed by atoms with Crippen LogP contribution in [0.15, 0.2) is 46.6 Å². The lowest BCUT2D eigenvalue weighted by atomic mass is 10.00. The summed E-state index contributed by atoms with van der Waals surface area (Å²) in [5.41, 5.74) is 3.45. The van der Waals surface area contributed by atoms with Gasteiger partial charge in [-0.2, -0.15) is 0 Å². The minimum atomic E-state index is -0.157. The normalized spacial score (nSPS) is 16.7. The van der Waals surface area contributed by atoms with Gasteiger partial charge in [-0.3, -0.25) is 19.3 Å². The minimum absolute atomic E-state index is 0.157. The molecule has 22 heavy (non-hydrogen) atoms. The van der Waals surface area contributed by atoms with Crippen LogP contribution >= 0.6 is 0 Å². The minimum Gasteiger partial charge on any atom is -0.274 e. The predicted octanol–water partition coefficient (Wildman–Crippen LogP) is 1.54. The smallest absolute Gasteiger partial charge is 0.273 e. The van der Waals surface area contributed by atoms with Crippen molar-refractivity contribution in [3.05, 3.63) is 46.6 Å². The SMILES string of the molecule is CON(C)C(=O)C1=CC=C(C2=CC=C(C(=O)N(C)OC)C2)C1. The number of rotatable bonds is 5.